The summed E-state index contributed by atoms with van der Waals surface area (Å²) in [6.07, 6.45) is -4.39. The summed E-state index contributed by atoms with van der Waals surface area (Å²) in [4.78, 5) is 0. The number of hydrogen-bond donors (Lipinski definition) is 1. The van der Waals surface area contributed by atoms with Crippen LogP contribution in [-0.4, -0.2) is 0 Å². The van der Waals surface area contributed by atoms with Crippen molar-refractivity contribution in [1.29, 1.82) is 0 Å². The van der Waals surface area contributed by atoms with Gasteiger partial charge in [0, 0.05) is 11.0 Å². The number of rotatable bonds is 3. The van der Waals surface area contributed by atoms with E-state index in [1.807, 2.05) is 60.7 Å². The number of benzene rings is 3. The van der Waals surface area contributed by atoms with Crippen LogP contribution in [0.4, 0.5) is 18.9 Å². The molecule has 0 atom stereocenters. The minimum absolute atomic E-state index is 0.377. The van der Waals surface area contributed by atoms with Crippen molar-refractivity contribution in [3.8, 4) is 0 Å². The highest BCUT2D eigenvalue weighted by Gasteiger charge is 2.32. The van der Waals surface area contributed by atoms with Crippen molar-refractivity contribution in [3.63, 3.8) is 0 Å². The van der Waals surface area contributed by atoms with Crippen molar-refractivity contribution in [2.45, 2.75) is 6.18 Å². The smallest absolute Gasteiger partial charge is 0.398 e. The van der Waals surface area contributed by atoms with Gasteiger partial charge < -0.3 is 5.73 Å². The zero-order valence-electron chi connectivity index (χ0n) is 12.7. The predicted octanol–water partition coefficient (Wildman–Crippen LogP) is 4.05. The van der Waals surface area contributed by atoms with Crippen molar-refractivity contribution in [2.24, 2.45) is 0 Å². The molecule has 0 spiro atoms. The molecular formula is C19H15F3NP. The molecule has 2 N–H and O–H groups in total. The molecule has 0 aliphatic carbocycles. The number of hydrogen-bond acceptors (Lipinski definition) is 1. The third-order valence-electron chi connectivity index (χ3n) is 3.63. The molecule has 0 saturated carbocycles. The molecule has 3 aromatic rings. The monoisotopic (exact) mass is 345 g/mol. The average Bonchev–Trinajstić information content (AvgIpc) is 2.58. The van der Waals surface area contributed by atoms with Crippen LogP contribution >= 0.6 is 7.92 Å². The molecule has 0 aliphatic rings. The fourth-order valence-electron chi connectivity index (χ4n) is 2.50. The quantitative estimate of drug-likeness (QED) is 0.563. The van der Waals surface area contributed by atoms with Crippen LogP contribution in [0.15, 0.2) is 78.9 Å². The Morgan fingerprint density at radius 1 is 0.708 bits per heavy atom. The summed E-state index contributed by atoms with van der Waals surface area (Å²) in [7, 11) is -1.16. The highest BCUT2D eigenvalue weighted by Crippen LogP contribution is 2.37. The molecule has 0 fully saturated rings. The molecule has 0 saturated heterocycles. The number of nitrogen functional groups attached to an aromatic ring is 1. The molecule has 0 bridgehead atoms. The lowest BCUT2D eigenvalue weighted by Gasteiger charge is -2.22. The first-order valence-electron chi connectivity index (χ1n) is 7.34. The Balaban J connectivity index is 2.20. The van der Waals surface area contributed by atoms with Crippen molar-refractivity contribution >= 4 is 29.5 Å². The van der Waals surface area contributed by atoms with Crippen LogP contribution in [0.25, 0.3) is 0 Å². The SMILES string of the molecule is Nc1ccc(C(F)(F)F)cc1P(c1ccccc1)c1ccccc1. The molecule has 0 amide bonds. The second-order valence-corrected chi connectivity index (χ2v) is 7.46. The van der Waals surface area contributed by atoms with E-state index in [2.05, 4.69) is 0 Å². The van der Waals surface area contributed by atoms with E-state index in [0.29, 0.717) is 11.0 Å². The third-order valence-corrected chi connectivity index (χ3v) is 6.13. The van der Waals surface area contributed by atoms with Gasteiger partial charge in [-0.3, -0.25) is 0 Å². The molecule has 0 heterocycles. The van der Waals surface area contributed by atoms with Gasteiger partial charge >= 0.3 is 6.18 Å². The van der Waals surface area contributed by atoms with Crippen LogP contribution in [0.2, 0.25) is 0 Å². The maximum Gasteiger partial charge on any atom is 0.416 e. The first-order valence-corrected chi connectivity index (χ1v) is 8.68. The summed E-state index contributed by atoms with van der Waals surface area (Å²) in [5.74, 6) is 0. The third kappa shape index (κ3) is 3.44. The maximum atomic E-state index is 13.1. The molecule has 3 rings (SSSR count). The van der Waals surface area contributed by atoms with Crippen LogP contribution < -0.4 is 21.6 Å². The minimum Gasteiger partial charge on any atom is -0.398 e. The van der Waals surface area contributed by atoms with Gasteiger partial charge in [0.15, 0.2) is 0 Å². The Kier molecular flexibility index (Phi) is 4.59. The second kappa shape index (κ2) is 6.66. The molecule has 0 aliphatic heterocycles. The predicted molar refractivity (Wildman–Crippen MR) is 94.6 cm³/mol. The Morgan fingerprint density at radius 3 is 1.67 bits per heavy atom. The lowest BCUT2D eigenvalue weighted by molar-refractivity contribution is -0.137. The zero-order valence-corrected chi connectivity index (χ0v) is 13.6. The highest BCUT2D eigenvalue weighted by atomic mass is 31.1. The summed E-state index contributed by atoms with van der Waals surface area (Å²) >= 11 is 0. The van der Waals surface area contributed by atoms with Crippen LogP contribution in [0.1, 0.15) is 5.56 Å². The first-order chi connectivity index (χ1) is 11.5. The van der Waals surface area contributed by atoms with E-state index in [9.17, 15) is 13.2 Å². The summed E-state index contributed by atoms with van der Waals surface area (Å²) in [6, 6.07) is 22.6. The first kappa shape index (κ1) is 16.5. The van der Waals surface area contributed by atoms with E-state index in [1.165, 1.54) is 12.1 Å². The lowest BCUT2D eigenvalue weighted by Crippen LogP contribution is -2.24. The van der Waals surface area contributed by atoms with Gasteiger partial charge in [0.1, 0.15) is 0 Å². The summed E-state index contributed by atoms with van der Waals surface area (Å²) < 4.78 is 39.4. The molecule has 122 valence electrons. The molecule has 0 aromatic heterocycles. The standard InChI is InChI=1S/C19H15F3NP/c20-19(21,22)14-11-12-17(23)18(13-14)24(15-7-3-1-4-8-15)16-9-5-2-6-10-16/h1-13H,23H2. The van der Waals surface area contributed by atoms with Gasteiger partial charge in [0.25, 0.3) is 0 Å². The van der Waals surface area contributed by atoms with Crippen molar-refractivity contribution in [1.82, 2.24) is 0 Å². The van der Waals surface area contributed by atoms with E-state index in [0.717, 1.165) is 16.7 Å². The van der Waals surface area contributed by atoms with Gasteiger partial charge in [-0.25, -0.2) is 0 Å². The van der Waals surface area contributed by atoms with Gasteiger partial charge in [0.2, 0.25) is 0 Å². The number of anilines is 1. The summed E-state index contributed by atoms with van der Waals surface area (Å²) in [6.45, 7) is 0. The highest BCUT2D eigenvalue weighted by molar-refractivity contribution is 7.80. The van der Waals surface area contributed by atoms with Crippen LogP contribution in [0.5, 0.6) is 0 Å². The Hall–Kier alpha value is -2.32. The Labute approximate surface area is 139 Å². The lowest BCUT2D eigenvalue weighted by atomic mass is 10.2. The zero-order chi connectivity index (χ0) is 17.2. The fourth-order valence-corrected chi connectivity index (χ4v) is 4.89. The van der Waals surface area contributed by atoms with E-state index in [4.69, 9.17) is 5.73 Å². The van der Waals surface area contributed by atoms with Crippen molar-refractivity contribution in [3.05, 3.63) is 84.4 Å². The number of nitrogens with two attached hydrogens (primary N) is 1. The average molecular weight is 345 g/mol. The van der Waals surface area contributed by atoms with Crippen molar-refractivity contribution < 1.29 is 13.2 Å². The molecule has 3 aromatic carbocycles. The van der Waals surface area contributed by atoms with Gasteiger partial charge in [0.05, 0.1) is 5.56 Å². The number of halogens is 3. The Bertz CT molecular complexity index is 778. The fraction of sp³-hybridized carbons (Fsp3) is 0.0526. The molecular weight excluding hydrogens is 330 g/mol. The number of alkyl halides is 3. The van der Waals surface area contributed by atoms with Gasteiger partial charge in [-0.1, -0.05) is 60.7 Å². The summed E-state index contributed by atoms with van der Waals surface area (Å²) in [5.41, 5.74) is 5.76. The van der Waals surface area contributed by atoms with E-state index in [-0.39, 0.29) is 0 Å². The molecule has 24 heavy (non-hydrogen) atoms. The summed E-state index contributed by atoms with van der Waals surface area (Å²) in [5, 5.41) is 2.45. The maximum absolute atomic E-state index is 13.1. The van der Waals surface area contributed by atoms with E-state index in [1.54, 1.807) is 0 Å². The van der Waals surface area contributed by atoms with Gasteiger partial charge in [-0.15, -0.1) is 0 Å². The van der Waals surface area contributed by atoms with Crippen LogP contribution in [-0.2, 0) is 6.18 Å². The van der Waals surface area contributed by atoms with Crippen LogP contribution in [0, 0.1) is 0 Å². The van der Waals surface area contributed by atoms with E-state index < -0.39 is 19.7 Å². The molecule has 1 nitrogen and oxygen atoms in total. The van der Waals surface area contributed by atoms with Gasteiger partial charge in [-0.05, 0) is 36.7 Å². The largest absolute Gasteiger partial charge is 0.416 e. The molecule has 5 heteroatoms. The second-order valence-electron chi connectivity index (χ2n) is 5.28. The normalized spacial score (nSPS) is 11.7. The van der Waals surface area contributed by atoms with E-state index >= 15 is 0 Å². The molecule has 0 radical (unpaired) electrons. The van der Waals surface area contributed by atoms with Gasteiger partial charge in [-0.2, -0.15) is 13.2 Å². The Morgan fingerprint density at radius 2 is 1.21 bits per heavy atom. The minimum atomic E-state index is -4.39. The molecule has 0 unspecified atom stereocenters. The topological polar surface area (TPSA) is 26.0 Å². The van der Waals surface area contributed by atoms with Crippen molar-refractivity contribution in [2.75, 3.05) is 5.73 Å². The van der Waals surface area contributed by atoms with Crippen LogP contribution in [0.3, 0.4) is 0 Å².